The summed E-state index contributed by atoms with van der Waals surface area (Å²) in [6.07, 6.45) is 5.99. The lowest BCUT2D eigenvalue weighted by Gasteiger charge is -2.47. The summed E-state index contributed by atoms with van der Waals surface area (Å²) < 4.78 is 0. The highest BCUT2D eigenvalue weighted by Gasteiger charge is 2.37. The summed E-state index contributed by atoms with van der Waals surface area (Å²) >= 11 is 0. The minimum absolute atomic E-state index is 0.878. The van der Waals surface area contributed by atoms with Gasteiger partial charge in [-0.1, -0.05) is 26.7 Å². The number of piperidine rings is 1. The molecule has 2 rings (SSSR count). The highest BCUT2D eigenvalue weighted by molar-refractivity contribution is 4.89. The molecule has 2 aliphatic rings. The van der Waals surface area contributed by atoms with Crippen molar-refractivity contribution in [1.29, 1.82) is 0 Å². The molecule has 1 heterocycles. The SMILES string of the molecule is CC(C)[C@H]1CN(C)C[C@H]2CCCC[C@@H]21. The van der Waals surface area contributed by atoms with Crippen molar-refractivity contribution < 1.29 is 0 Å². The molecule has 0 bridgehead atoms. The lowest BCUT2D eigenvalue weighted by Crippen LogP contribution is -2.47. The normalized spacial score (nSPS) is 39.9. The van der Waals surface area contributed by atoms with Crippen LogP contribution in [0.15, 0.2) is 0 Å². The zero-order valence-corrected chi connectivity index (χ0v) is 10.00. The Morgan fingerprint density at radius 3 is 2.50 bits per heavy atom. The minimum Gasteiger partial charge on any atom is -0.306 e. The van der Waals surface area contributed by atoms with Gasteiger partial charge in [-0.05, 0) is 43.6 Å². The Morgan fingerprint density at radius 1 is 1.07 bits per heavy atom. The zero-order valence-electron chi connectivity index (χ0n) is 10.00. The summed E-state index contributed by atoms with van der Waals surface area (Å²) in [6, 6.07) is 0. The van der Waals surface area contributed by atoms with E-state index in [1.54, 1.807) is 0 Å². The van der Waals surface area contributed by atoms with Crippen LogP contribution in [-0.4, -0.2) is 25.0 Å². The molecule has 0 aromatic carbocycles. The molecule has 0 aromatic rings. The molecular formula is C13H25N. The second kappa shape index (κ2) is 4.22. The van der Waals surface area contributed by atoms with Gasteiger partial charge in [-0.3, -0.25) is 0 Å². The van der Waals surface area contributed by atoms with Gasteiger partial charge in [0.2, 0.25) is 0 Å². The topological polar surface area (TPSA) is 3.24 Å². The smallest absolute Gasteiger partial charge is 0.00119 e. The number of nitrogens with zero attached hydrogens (tertiary/aromatic N) is 1. The molecule has 1 nitrogen and oxygen atoms in total. The summed E-state index contributed by atoms with van der Waals surface area (Å²) in [5.74, 6) is 3.93. The van der Waals surface area contributed by atoms with Crippen molar-refractivity contribution >= 4 is 0 Å². The van der Waals surface area contributed by atoms with Gasteiger partial charge in [-0.2, -0.15) is 0 Å². The molecule has 0 unspecified atom stereocenters. The number of hydrogen-bond donors (Lipinski definition) is 0. The fourth-order valence-corrected chi connectivity index (χ4v) is 3.70. The maximum absolute atomic E-state index is 2.57. The molecular weight excluding hydrogens is 170 g/mol. The first kappa shape index (κ1) is 10.5. The van der Waals surface area contributed by atoms with E-state index in [-0.39, 0.29) is 0 Å². The van der Waals surface area contributed by atoms with Crippen LogP contribution in [-0.2, 0) is 0 Å². The minimum atomic E-state index is 0.878. The fraction of sp³-hybridized carbons (Fsp3) is 1.00. The summed E-state index contributed by atoms with van der Waals surface area (Å²) in [4.78, 5) is 2.57. The van der Waals surface area contributed by atoms with Crippen LogP contribution in [0.1, 0.15) is 39.5 Å². The molecule has 0 N–H and O–H groups in total. The molecule has 1 heteroatoms. The molecule has 0 aromatic heterocycles. The Kier molecular flexibility index (Phi) is 3.16. The Labute approximate surface area is 88.9 Å². The monoisotopic (exact) mass is 195 g/mol. The first-order chi connectivity index (χ1) is 6.68. The quantitative estimate of drug-likeness (QED) is 0.621. The maximum Gasteiger partial charge on any atom is 0.00119 e. The first-order valence-electron chi connectivity index (χ1n) is 6.37. The third-order valence-corrected chi connectivity index (χ3v) is 4.44. The van der Waals surface area contributed by atoms with E-state index in [9.17, 15) is 0 Å². The van der Waals surface area contributed by atoms with Gasteiger partial charge in [0.15, 0.2) is 0 Å². The number of fused-ring (bicyclic) bond motifs is 1. The van der Waals surface area contributed by atoms with Gasteiger partial charge in [-0.25, -0.2) is 0 Å². The van der Waals surface area contributed by atoms with Crippen LogP contribution in [0.3, 0.4) is 0 Å². The second-order valence-electron chi connectivity index (χ2n) is 5.84. The van der Waals surface area contributed by atoms with E-state index < -0.39 is 0 Å². The lowest BCUT2D eigenvalue weighted by atomic mass is 9.66. The molecule has 0 radical (unpaired) electrons. The van der Waals surface area contributed by atoms with Gasteiger partial charge >= 0.3 is 0 Å². The van der Waals surface area contributed by atoms with Crippen molar-refractivity contribution in [2.45, 2.75) is 39.5 Å². The van der Waals surface area contributed by atoms with E-state index in [2.05, 4.69) is 25.8 Å². The van der Waals surface area contributed by atoms with Crippen LogP contribution >= 0.6 is 0 Å². The van der Waals surface area contributed by atoms with Crippen LogP contribution in [0, 0.1) is 23.7 Å². The molecule has 1 aliphatic carbocycles. The maximum atomic E-state index is 2.57. The predicted octanol–water partition coefficient (Wildman–Crippen LogP) is 3.01. The largest absolute Gasteiger partial charge is 0.306 e. The Bertz CT molecular complexity index is 188. The summed E-state index contributed by atoms with van der Waals surface area (Å²) in [7, 11) is 2.31. The standard InChI is InChI=1S/C13H25N/c1-10(2)13-9-14(3)8-11-6-4-5-7-12(11)13/h10-13H,4-9H2,1-3H3/t11-,12+,13-/m1/s1. The molecule has 1 aliphatic heterocycles. The van der Waals surface area contributed by atoms with Gasteiger partial charge in [-0.15, -0.1) is 0 Å². The predicted molar refractivity (Wildman–Crippen MR) is 61.3 cm³/mol. The third kappa shape index (κ3) is 1.98. The van der Waals surface area contributed by atoms with Crippen molar-refractivity contribution in [2.24, 2.45) is 23.7 Å². The van der Waals surface area contributed by atoms with E-state index in [1.165, 1.54) is 38.8 Å². The summed E-state index contributed by atoms with van der Waals surface area (Å²) in [5, 5.41) is 0. The Morgan fingerprint density at radius 2 is 1.79 bits per heavy atom. The van der Waals surface area contributed by atoms with Crippen LogP contribution < -0.4 is 0 Å². The van der Waals surface area contributed by atoms with E-state index in [1.807, 2.05) is 0 Å². The number of likely N-dealkylation sites (tertiary alicyclic amines) is 1. The molecule has 82 valence electrons. The molecule has 0 amide bonds. The van der Waals surface area contributed by atoms with Gasteiger partial charge in [0.1, 0.15) is 0 Å². The van der Waals surface area contributed by atoms with Crippen molar-refractivity contribution in [2.75, 3.05) is 20.1 Å². The summed E-state index contributed by atoms with van der Waals surface area (Å²) in [6.45, 7) is 7.54. The first-order valence-corrected chi connectivity index (χ1v) is 6.37. The Balaban J connectivity index is 2.07. The van der Waals surface area contributed by atoms with Crippen LogP contribution in [0.2, 0.25) is 0 Å². The molecule has 1 saturated carbocycles. The second-order valence-corrected chi connectivity index (χ2v) is 5.84. The molecule has 14 heavy (non-hydrogen) atoms. The number of rotatable bonds is 1. The molecule has 0 spiro atoms. The Hall–Kier alpha value is -0.0400. The van der Waals surface area contributed by atoms with Crippen molar-refractivity contribution in [3.05, 3.63) is 0 Å². The van der Waals surface area contributed by atoms with Crippen LogP contribution in [0.25, 0.3) is 0 Å². The fourth-order valence-electron chi connectivity index (χ4n) is 3.70. The van der Waals surface area contributed by atoms with Gasteiger partial charge < -0.3 is 4.90 Å². The van der Waals surface area contributed by atoms with Gasteiger partial charge in [0, 0.05) is 13.1 Å². The average Bonchev–Trinajstić information content (AvgIpc) is 2.16. The summed E-state index contributed by atoms with van der Waals surface area (Å²) in [5.41, 5.74) is 0. The van der Waals surface area contributed by atoms with Gasteiger partial charge in [0.05, 0.1) is 0 Å². The molecule has 3 atom stereocenters. The highest BCUT2D eigenvalue weighted by atomic mass is 15.1. The zero-order chi connectivity index (χ0) is 10.1. The van der Waals surface area contributed by atoms with Crippen molar-refractivity contribution in [3.8, 4) is 0 Å². The number of hydrogen-bond acceptors (Lipinski definition) is 1. The van der Waals surface area contributed by atoms with Gasteiger partial charge in [0.25, 0.3) is 0 Å². The van der Waals surface area contributed by atoms with E-state index in [4.69, 9.17) is 0 Å². The van der Waals surface area contributed by atoms with E-state index >= 15 is 0 Å². The van der Waals surface area contributed by atoms with Crippen molar-refractivity contribution in [3.63, 3.8) is 0 Å². The van der Waals surface area contributed by atoms with E-state index in [0.29, 0.717) is 0 Å². The molecule has 2 fully saturated rings. The van der Waals surface area contributed by atoms with Crippen LogP contribution in [0.4, 0.5) is 0 Å². The average molecular weight is 195 g/mol. The van der Waals surface area contributed by atoms with Crippen LogP contribution in [0.5, 0.6) is 0 Å². The highest BCUT2D eigenvalue weighted by Crippen LogP contribution is 2.41. The third-order valence-electron chi connectivity index (χ3n) is 4.44. The lowest BCUT2D eigenvalue weighted by molar-refractivity contribution is 0.0250. The van der Waals surface area contributed by atoms with E-state index in [0.717, 1.165) is 23.7 Å². The van der Waals surface area contributed by atoms with Crippen molar-refractivity contribution in [1.82, 2.24) is 4.90 Å². The molecule has 1 saturated heterocycles.